The lowest BCUT2D eigenvalue weighted by Gasteiger charge is -2.19. The summed E-state index contributed by atoms with van der Waals surface area (Å²) in [5.74, 6) is 0. The molecule has 1 aliphatic heterocycles. The number of aromatic amines is 1. The second-order valence-corrected chi connectivity index (χ2v) is 5.59. The summed E-state index contributed by atoms with van der Waals surface area (Å²) in [5, 5.41) is 1.60. The first kappa shape index (κ1) is 11.0. The molecule has 0 aromatic carbocycles. The van der Waals surface area contributed by atoms with Crippen molar-refractivity contribution in [2.45, 2.75) is 30.2 Å². The smallest absolute Gasteiger partial charge is 0.178 e. The lowest BCUT2D eigenvalue weighted by molar-refractivity contribution is 0.1000. The van der Waals surface area contributed by atoms with Crippen LogP contribution < -0.4 is 0 Å². The van der Waals surface area contributed by atoms with Crippen LogP contribution in [0.25, 0.3) is 11.2 Å². The third-order valence-electron chi connectivity index (χ3n) is 3.03. The van der Waals surface area contributed by atoms with E-state index in [-0.39, 0.29) is 0 Å². The number of ether oxygens (including phenoxy) is 1. The first-order chi connectivity index (χ1) is 8.33. The molecule has 5 heteroatoms. The Hall–Kier alpha value is -1.07. The third-order valence-corrected chi connectivity index (χ3v) is 4.25. The predicted octanol–water partition coefficient (Wildman–Crippen LogP) is 2.54. The maximum Gasteiger partial charge on any atom is 0.178 e. The molecule has 3 heterocycles. The van der Waals surface area contributed by atoms with Crippen LogP contribution in [-0.4, -0.2) is 33.4 Å². The van der Waals surface area contributed by atoms with Crippen molar-refractivity contribution >= 4 is 22.9 Å². The van der Waals surface area contributed by atoms with Gasteiger partial charge in [-0.2, -0.15) is 0 Å². The van der Waals surface area contributed by atoms with E-state index < -0.39 is 0 Å². The van der Waals surface area contributed by atoms with Gasteiger partial charge in [0, 0.05) is 24.7 Å². The van der Waals surface area contributed by atoms with Crippen molar-refractivity contribution in [2.75, 3.05) is 13.2 Å². The molecule has 0 aliphatic carbocycles. The van der Waals surface area contributed by atoms with Gasteiger partial charge in [-0.15, -0.1) is 0 Å². The summed E-state index contributed by atoms with van der Waals surface area (Å²) in [6, 6.07) is 2.00. The topological polar surface area (TPSA) is 50.8 Å². The minimum absolute atomic E-state index is 0.615. The van der Waals surface area contributed by atoms with E-state index in [1.807, 2.05) is 17.8 Å². The van der Waals surface area contributed by atoms with Crippen molar-refractivity contribution in [1.82, 2.24) is 15.0 Å². The Balaban J connectivity index is 1.83. The second kappa shape index (κ2) is 4.66. The van der Waals surface area contributed by atoms with E-state index in [0.29, 0.717) is 5.25 Å². The van der Waals surface area contributed by atoms with Crippen molar-refractivity contribution in [3.63, 3.8) is 0 Å². The van der Waals surface area contributed by atoms with Gasteiger partial charge in [0.2, 0.25) is 0 Å². The van der Waals surface area contributed by atoms with Gasteiger partial charge in [-0.25, -0.2) is 9.97 Å². The van der Waals surface area contributed by atoms with Gasteiger partial charge in [0.05, 0.1) is 5.52 Å². The van der Waals surface area contributed by atoms with E-state index in [9.17, 15) is 0 Å². The normalized spacial score (nSPS) is 17.7. The van der Waals surface area contributed by atoms with E-state index >= 15 is 0 Å². The highest BCUT2D eigenvalue weighted by Crippen LogP contribution is 2.29. The molecule has 2 aromatic rings. The molecule has 2 aromatic heterocycles. The van der Waals surface area contributed by atoms with Gasteiger partial charge in [-0.05, 0) is 31.4 Å². The van der Waals surface area contributed by atoms with Gasteiger partial charge in [0.1, 0.15) is 0 Å². The van der Waals surface area contributed by atoms with Gasteiger partial charge in [-0.1, -0.05) is 11.8 Å². The fraction of sp³-hybridized carbons (Fsp3) is 0.500. The zero-order valence-corrected chi connectivity index (χ0v) is 10.6. The predicted molar refractivity (Wildman–Crippen MR) is 68.3 cm³/mol. The van der Waals surface area contributed by atoms with Crippen LogP contribution in [0.2, 0.25) is 0 Å². The molecule has 1 N–H and O–H groups in total. The standard InChI is InChI=1S/C12H15N3OS/c1-8-2-5-13-11-10(8)14-12(15-11)17-9-3-6-16-7-4-9/h2,5,9H,3-4,6-7H2,1H3,(H,13,14,15). The number of pyridine rings is 1. The molecule has 1 fully saturated rings. The summed E-state index contributed by atoms with van der Waals surface area (Å²) >= 11 is 1.81. The van der Waals surface area contributed by atoms with Gasteiger partial charge in [0.25, 0.3) is 0 Å². The first-order valence-corrected chi connectivity index (χ1v) is 6.76. The van der Waals surface area contributed by atoms with Crippen molar-refractivity contribution in [2.24, 2.45) is 0 Å². The third kappa shape index (κ3) is 2.30. The SMILES string of the molecule is Cc1ccnc2nc(SC3CCOCC3)[nH]c12. The molecular formula is C12H15N3OS. The number of aromatic nitrogens is 3. The lowest BCUT2D eigenvalue weighted by atomic mass is 10.2. The monoisotopic (exact) mass is 249 g/mol. The summed E-state index contributed by atoms with van der Waals surface area (Å²) in [4.78, 5) is 12.2. The summed E-state index contributed by atoms with van der Waals surface area (Å²) in [5.41, 5.74) is 3.07. The highest BCUT2D eigenvalue weighted by atomic mass is 32.2. The van der Waals surface area contributed by atoms with E-state index in [0.717, 1.165) is 42.4 Å². The van der Waals surface area contributed by atoms with E-state index in [2.05, 4.69) is 21.9 Å². The number of hydrogen-bond donors (Lipinski definition) is 1. The largest absolute Gasteiger partial charge is 0.381 e. The Kier molecular flexibility index (Phi) is 3.03. The average Bonchev–Trinajstić information content (AvgIpc) is 2.74. The number of fused-ring (bicyclic) bond motifs is 1. The maximum absolute atomic E-state index is 5.36. The van der Waals surface area contributed by atoms with E-state index in [1.165, 1.54) is 5.56 Å². The minimum atomic E-state index is 0.615. The molecule has 17 heavy (non-hydrogen) atoms. The number of hydrogen-bond acceptors (Lipinski definition) is 4. The number of imidazole rings is 1. The van der Waals surface area contributed by atoms with Gasteiger partial charge in [0.15, 0.2) is 10.8 Å². The molecular weight excluding hydrogens is 234 g/mol. The molecule has 0 radical (unpaired) electrons. The van der Waals surface area contributed by atoms with Crippen LogP contribution in [0.4, 0.5) is 0 Å². The van der Waals surface area contributed by atoms with Crippen LogP contribution in [0.15, 0.2) is 17.4 Å². The van der Waals surface area contributed by atoms with Crippen molar-refractivity contribution in [3.8, 4) is 0 Å². The highest BCUT2D eigenvalue weighted by Gasteiger charge is 2.17. The molecule has 0 spiro atoms. The Morgan fingerprint density at radius 2 is 2.24 bits per heavy atom. The zero-order chi connectivity index (χ0) is 11.7. The number of nitrogens with one attached hydrogen (secondary N) is 1. The zero-order valence-electron chi connectivity index (χ0n) is 9.77. The molecule has 1 saturated heterocycles. The van der Waals surface area contributed by atoms with Crippen LogP contribution in [0.1, 0.15) is 18.4 Å². The molecule has 0 bridgehead atoms. The highest BCUT2D eigenvalue weighted by molar-refractivity contribution is 7.99. The number of rotatable bonds is 2. The lowest BCUT2D eigenvalue weighted by Crippen LogP contribution is -2.17. The number of aryl methyl sites for hydroxylation is 1. The van der Waals surface area contributed by atoms with Crippen LogP contribution in [-0.2, 0) is 4.74 Å². The molecule has 4 nitrogen and oxygen atoms in total. The fourth-order valence-electron chi connectivity index (χ4n) is 2.02. The van der Waals surface area contributed by atoms with Crippen molar-refractivity contribution in [1.29, 1.82) is 0 Å². The van der Waals surface area contributed by atoms with Crippen molar-refractivity contribution < 1.29 is 4.74 Å². The summed E-state index contributed by atoms with van der Waals surface area (Å²) in [6.45, 7) is 3.81. The molecule has 0 atom stereocenters. The van der Waals surface area contributed by atoms with Crippen LogP contribution in [0, 0.1) is 6.92 Å². The quantitative estimate of drug-likeness (QED) is 0.888. The Labute approximate surface area is 104 Å². The number of nitrogens with zero attached hydrogens (tertiary/aromatic N) is 2. The minimum Gasteiger partial charge on any atom is -0.381 e. The van der Waals surface area contributed by atoms with Crippen LogP contribution >= 0.6 is 11.8 Å². The molecule has 3 rings (SSSR count). The van der Waals surface area contributed by atoms with E-state index in [4.69, 9.17) is 4.74 Å². The summed E-state index contributed by atoms with van der Waals surface area (Å²) < 4.78 is 5.36. The number of H-pyrrole nitrogens is 1. The first-order valence-electron chi connectivity index (χ1n) is 5.88. The Morgan fingerprint density at radius 3 is 3.00 bits per heavy atom. The Morgan fingerprint density at radius 1 is 1.41 bits per heavy atom. The van der Waals surface area contributed by atoms with Crippen LogP contribution in [0.5, 0.6) is 0 Å². The molecule has 0 amide bonds. The Bertz CT molecular complexity index is 519. The van der Waals surface area contributed by atoms with Gasteiger partial charge < -0.3 is 9.72 Å². The van der Waals surface area contributed by atoms with Crippen LogP contribution in [0.3, 0.4) is 0 Å². The van der Waals surface area contributed by atoms with Gasteiger partial charge in [-0.3, -0.25) is 0 Å². The maximum atomic E-state index is 5.36. The molecule has 0 saturated carbocycles. The van der Waals surface area contributed by atoms with Crippen molar-refractivity contribution in [3.05, 3.63) is 17.8 Å². The van der Waals surface area contributed by atoms with E-state index in [1.54, 1.807) is 6.20 Å². The summed E-state index contributed by atoms with van der Waals surface area (Å²) in [7, 11) is 0. The molecule has 0 unspecified atom stereocenters. The average molecular weight is 249 g/mol. The molecule has 1 aliphatic rings. The fourth-order valence-corrected chi connectivity index (χ4v) is 3.07. The molecule has 90 valence electrons. The van der Waals surface area contributed by atoms with Gasteiger partial charge >= 0.3 is 0 Å². The number of thioether (sulfide) groups is 1. The second-order valence-electron chi connectivity index (χ2n) is 4.30. The summed E-state index contributed by atoms with van der Waals surface area (Å²) in [6.07, 6.45) is 4.02.